The van der Waals surface area contributed by atoms with Gasteiger partial charge in [0.15, 0.2) is 0 Å². The van der Waals surface area contributed by atoms with Crippen molar-refractivity contribution in [1.82, 2.24) is 9.88 Å². The summed E-state index contributed by atoms with van der Waals surface area (Å²) in [5.41, 5.74) is 2.98. The highest BCUT2D eigenvalue weighted by Crippen LogP contribution is 2.26. The minimum absolute atomic E-state index is 0.133. The van der Waals surface area contributed by atoms with Crippen LogP contribution in [0.15, 0.2) is 48.5 Å². The molecule has 2 heterocycles. The summed E-state index contributed by atoms with van der Waals surface area (Å²) in [4.78, 5) is 30.5. The molecule has 0 unspecified atom stereocenters. The Balaban J connectivity index is 1.50. The Bertz CT molecular complexity index is 949. The molecule has 1 aliphatic heterocycles. The van der Waals surface area contributed by atoms with E-state index in [1.54, 1.807) is 11.3 Å². The van der Waals surface area contributed by atoms with E-state index in [0.29, 0.717) is 19.4 Å². The number of hydrogen-bond donors (Lipinski definition) is 1. The second-order valence-corrected chi connectivity index (χ2v) is 7.54. The van der Waals surface area contributed by atoms with Gasteiger partial charge < -0.3 is 10.0 Å². The molecule has 3 aromatic rings. The van der Waals surface area contributed by atoms with Crippen molar-refractivity contribution in [2.24, 2.45) is 0 Å². The number of hydrogen-bond acceptors (Lipinski definition) is 4. The summed E-state index contributed by atoms with van der Waals surface area (Å²) in [6, 6.07) is 14.8. The molecule has 132 valence electrons. The smallest absolute Gasteiger partial charge is 0.326 e. The van der Waals surface area contributed by atoms with Crippen molar-refractivity contribution < 1.29 is 14.7 Å². The largest absolute Gasteiger partial charge is 0.480 e. The maximum Gasteiger partial charge on any atom is 0.326 e. The molecule has 4 rings (SSSR count). The van der Waals surface area contributed by atoms with Crippen molar-refractivity contribution in [3.8, 4) is 0 Å². The molecule has 6 heteroatoms. The fraction of sp³-hybridized carbons (Fsp3) is 0.250. The molecular formula is C20H18N2O3S. The average Bonchev–Trinajstić information content (AvgIpc) is 3.08. The van der Waals surface area contributed by atoms with E-state index in [1.165, 1.54) is 4.90 Å². The quantitative estimate of drug-likeness (QED) is 0.769. The summed E-state index contributed by atoms with van der Waals surface area (Å²) in [6.45, 7) is 0.353. The number of carbonyl (C=O) groups is 2. The second kappa shape index (κ2) is 6.88. The predicted molar refractivity (Wildman–Crippen MR) is 100 cm³/mol. The number of aromatic nitrogens is 1. The zero-order valence-electron chi connectivity index (χ0n) is 14.1. The third-order valence-corrected chi connectivity index (χ3v) is 5.84. The molecule has 2 aromatic carbocycles. The number of fused-ring (bicyclic) bond motifs is 2. The van der Waals surface area contributed by atoms with Gasteiger partial charge >= 0.3 is 5.97 Å². The Hall–Kier alpha value is -2.73. The highest BCUT2D eigenvalue weighted by molar-refractivity contribution is 7.18. The maximum absolute atomic E-state index is 12.8. The lowest BCUT2D eigenvalue weighted by Gasteiger charge is -2.34. The van der Waals surface area contributed by atoms with Crippen LogP contribution >= 0.6 is 11.3 Å². The Morgan fingerprint density at radius 3 is 2.62 bits per heavy atom. The molecule has 0 aliphatic carbocycles. The van der Waals surface area contributed by atoms with Crippen LogP contribution in [0.4, 0.5) is 0 Å². The lowest BCUT2D eigenvalue weighted by atomic mass is 9.93. The van der Waals surface area contributed by atoms with E-state index in [2.05, 4.69) is 4.98 Å². The number of aliphatic carboxylic acids is 1. The number of aryl methyl sites for hydroxylation is 1. The van der Waals surface area contributed by atoms with Crippen LogP contribution < -0.4 is 0 Å². The van der Waals surface area contributed by atoms with E-state index in [-0.39, 0.29) is 12.3 Å². The highest BCUT2D eigenvalue weighted by Gasteiger charge is 2.34. The number of carboxylic acids is 1. The number of nitrogens with zero attached hydrogens (tertiary/aromatic N) is 2. The van der Waals surface area contributed by atoms with Gasteiger partial charge in [-0.2, -0.15) is 0 Å². The zero-order chi connectivity index (χ0) is 18.1. The number of para-hydroxylation sites is 1. The SMILES string of the molecule is O=C(O)[C@@H]1Cc2ccccc2CN1C(=O)CCc1nc2ccccc2s1. The van der Waals surface area contributed by atoms with Crippen LogP contribution in [0.2, 0.25) is 0 Å². The Kier molecular flexibility index (Phi) is 4.42. The molecule has 1 N–H and O–H groups in total. The summed E-state index contributed by atoms with van der Waals surface area (Å²) < 4.78 is 1.10. The Morgan fingerprint density at radius 2 is 1.85 bits per heavy atom. The standard InChI is InChI=1S/C20H18N2O3S/c23-19(10-9-18-21-15-7-3-4-8-17(15)26-18)22-12-14-6-2-1-5-13(14)11-16(22)20(24)25/h1-8,16H,9-12H2,(H,24,25)/t16-/m0/s1. The molecule has 1 amide bonds. The maximum atomic E-state index is 12.8. The highest BCUT2D eigenvalue weighted by atomic mass is 32.1. The molecule has 0 fully saturated rings. The van der Waals surface area contributed by atoms with Crippen LogP contribution in [-0.2, 0) is 29.0 Å². The number of rotatable bonds is 4. The van der Waals surface area contributed by atoms with E-state index in [0.717, 1.165) is 26.4 Å². The van der Waals surface area contributed by atoms with E-state index in [9.17, 15) is 14.7 Å². The van der Waals surface area contributed by atoms with Crippen LogP contribution in [0.5, 0.6) is 0 Å². The van der Waals surface area contributed by atoms with Crippen molar-refractivity contribution in [2.75, 3.05) is 0 Å². The van der Waals surface area contributed by atoms with Gasteiger partial charge in [-0.25, -0.2) is 9.78 Å². The number of carbonyl (C=O) groups excluding carboxylic acids is 1. The molecule has 5 nitrogen and oxygen atoms in total. The fourth-order valence-electron chi connectivity index (χ4n) is 3.39. The third-order valence-electron chi connectivity index (χ3n) is 4.74. The van der Waals surface area contributed by atoms with Gasteiger partial charge in [-0.15, -0.1) is 11.3 Å². The van der Waals surface area contributed by atoms with Gasteiger partial charge in [-0.05, 0) is 23.3 Å². The topological polar surface area (TPSA) is 70.5 Å². The molecule has 26 heavy (non-hydrogen) atoms. The third kappa shape index (κ3) is 3.20. The average molecular weight is 366 g/mol. The van der Waals surface area contributed by atoms with Crippen LogP contribution in [0, 0.1) is 0 Å². The van der Waals surface area contributed by atoms with Crippen molar-refractivity contribution >= 4 is 33.4 Å². The molecule has 0 bridgehead atoms. The van der Waals surface area contributed by atoms with Gasteiger partial charge in [0, 0.05) is 25.8 Å². The lowest BCUT2D eigenvalue weighted by molar-refractivity contribution is -0.151. The summed E-state index contributed by atoms with van der Waals surface area (Å²) in [6.07, 6.45) is 1.16. The first kappa shape index (κ1) is 16.7. The molecule has 0 saturated carbocycles. The lowest BCUT2D eigenvalue weighted by Crippen LogP contribution is -2.48. The first-order valence-corrected chi connectivity index (χ1v) is 9.37. The van der Waals surface area contributed by atoms with Crippen LogP contribution in [0.3, 0.4) is 0 Å². The molecule has 0 radical (unpaired) electrons. The number of carboxylic acid groups (broad SMARTS) is 1. The van der Waals surface area contributed by atoms with E-state index in [4.69, 9.17) is 0 Å². The van der Waals surface area contributed by atoms with E-state index < -0.39 is 12.0 Å². The van der Waals surface area contributed by atoms with Gasteiger partial charge in [-0.1, -0.05) is 36.4 Å². The van der Waals surface area contributed by atoms with Gasteiger partial charge in [0.1, 0.15) is 6.04 Å². The summed E-state index contributed by atoms with van der Waals surface area (Å²) >= 11 is 1.58. The molecule has 1 atom stereocenters. The molecular weight excluding hydrogens is 348 g/mol. The van der Waals surface area contributed by atoms with Crippen molar-refractivity contribution in [1.29, 1.82) is 0 Å². The van der Waals surface area contributed by atoms with Crippen LogP contribution in [0.1, 0.15) is 22.6 Å². The first-order valence-electron chi connectivity index (χ1n) is 8.55. The van der Waals surface area contributed by atoms with Crippen molar-refractivity contribution in [2.45, 2.75) is 31.8 Å². The minimum atomic E-state index is -0.951. The summed E-state index contributed by atoms with van der Waals surface area (Å²) in [7, 11) is 0. The zero-order valence-corrected chi connectivity index (χ0v) is 14.9. The second-order valence-electron chi connectivity index (χ2n) is 6.42. The van der Waals surface area contributed by atoms with Crippen molar-refractivity contribution in [3.63, 3.8) is 0 Å². The molecule has 1 aromatic heterocycles. The Labute approximate surface area is 154 Å². The fourth-order valence-corrected chi connectivity index (χ4v) is 4.36. The van der Waals surface area contributed by atoms with Crippen molar-refractivity contribution in [3.05, 3.63) is 64.7 Å². The van der Waals surface area contributed by atoms with Crippen LogP contribution in [-0.4, -0.2) is 32.9 Å². The summed E-state index contributed by atoms with van der Waals surface area (Å²) in [5, 5.41) is 10.5. The van der Waals surface area contributed by atoms with Crippen LogP contribution in [0.25, 0.3) is 10.2 Å². The normalized spacial score (nSPS) is 16.5. The minimum Gasteiger partial charge on any atom is -0.480 e. The van der Waals surface area contributed by atoms with E-state index >= 15 is 0 Å². The number of benzene rings is 2. The van der Waals surface area contributed by atoms with Gasteiger partial charge in [0.25, 0.3) is 0 Å². The first-order chi connectivity index (χ1) is 12.6. The van der Waals surface area contributed by atoms with E-state index in [1.807, 2.05) is 48.5 Å². The Morgan fingerprint density at radius 1 is 1.12 bits per heavy atom. The van der Waals surface area contributed by atoms with Gasteiger partial charge in [0.05, 0.1) is 15.2 Å². The molecule has 1 aliphatic rings. The molecule has 0 saturated heterocycles. The number of thiazole rings is 1. The summed E-state index contributed by atoms with van der Waals surface area (Å²) in [5.74, 6) is -1.08. The predicted octanol–water partition coefficient (Wildman–Crippen LogP) is 3.27. The van der Waals surface area contributed by atoms with Gasteiger partial charge in [-0.3, -0.25) is 4.79 Å². The number of amides is 1. The molecule has 0 spiro atoms. The monoisotopic (exact) mass is 366 g/mol. The van der Waals surface area contributed by atoms with Gasteiger partial charge in [0.2, 0.25) is 5.91 Å².